The molecule has 0 amide bonds. The van der Waals surface area contributed by atoms with Crippen molar-refractivity contribution in [3.05, 3.63) is 23.4 Å². The number of aryl methyl sites for hydroxylation is 1. The van der Waals surface area contributed by atoms with E-state index < -0.39 is 0 Å². The number of hydrogen-bond donors (Lipinski definition) is 2. The van der Waals surface area contributed by atoms with Crippen LogP contribution in [0.4, 0.5) is 5.82 Å². The summed E-state index contributed by atoms with van der Waals surface area (Å²) in [5.41, 5.74) is 7.48. The summed E-state index contributed by atoms with van der Waals surface area (Å²) in [6.07, 6.45) is 4.03. The lowest BCUT2D eigenvalue weighted by Crippen LogP contribution is -2.33. The number of nitrogens with one attached hydrogen (secondary N) is 1. The molecule has 1 aromatic rings. The number of nitrogens with zero attached hydrogens (tertiary/aromatic N) is 2. The zero-order valence-corrected chi connectivity index (χ0v) is 12.3. The second kappa shape index (κ2) is 6.82. The van der Waals surface area contributed by atoms with E-state index in [0.29, 0.717) is 4.99 Å². The highest BCUT2D eigenvalue weighted by molar-refractivity contribution is 7.80. The molecule has 2 heterocycles. The minimum absolute atomic E-state index is 0.421. The van der Waals surface area contributed by atoms with Gasteiger partial charge in [0.2, 0.25) is 0 Å². The quantitative estimate of drug-likeness (QED) is 0.806. The van der Waals surface area contributed by atoms with Gasteiger partial charge in [-0.1, -0.05) is 18.6 Å². The fourth-order valence-electron chi connectivity index (χ4n) is 2.43. The van der Waals surface area contributed by atoms with Crippen molar-refractivity contribution in [2.45, 2.75) is 26.2 Å². The Morgan fingerprint density at radius 1 is 1.37 bits per heavy atom. The predicted octanol–water partition coefficient (Wildman–Crippen LogP) is 1.92. The third-order valence-corrected chi connectivity index (χ3v) is 3.66. The highest BCUT2D eigenvalue weighted by atomic mass is 32.1. The molecule has 0 atom stereocenters. The van der Waals surface area contributed by atoms with Crippen molar-refractivity contribution in [2.75, 3.05) is 31.5 Å². The van der Waals surface area contributed by atoms with Gasteiger partial charge in [-0.15, -0.1) is 0 Å². The first-order chi connectivity index (χ1) is 9.15. The van der Waals surface area contributed by atoms with Gasteiger partial charge in [0.25, 0.3) is 0 Å². The molecule has 1 saturated heterocycles. The van der Waals surface area contributed by atoms with E-state index in [0.717, 1.165) is 30.2 Å². The molecule has 0 spiro atoms. The van der Waals surface area contributed by atoms with Crippen LogP contribution in [0.3, 0.4) is 0 Å². The van der Waals surface area contributed by atoms with Gasteiger partial charge < -0.3 is 16.0 Å². The number of aromatic nitrogens is 1. The van der Waals surface area contributed by atoms with E-state index in [2.05, 4.69) is 15.2 Å². The Morgan fingerprint density at radius 3 is 2.79 bits per heavy atom. The molecule has 3 N–H and O–H groups in total. The first kappa shape index (κ1) is 14.2. The molecular formula is C14H22N4S. The molecular weight excluding hydrogens is 256 g/mol. The van der Waals surface area contributed by atoms with Crippen molar-refractivity contribution in [1.82, 2.24) is 9.88 Å². The predicted molar refractivity (Wildman–Crippen MR) is 83.6 cm³/mol. The van der Waals surface area contributed by atoms with Gasteiger partial charge in [0.1, 0.15) is 10.8 Å². The van der Waals surface area contributed by atoms with E-state index in [1.165, 1.54) is 32.4 Å². The summed E-state index contributed by atoms with van der Waals surface area (Å²) >= 11 is 5.01. The summed E-state index contributed by atoms with van der Waals surface area (Å²) in [4.78, 5) is 7.38. The molecule has 0 aromatic carbocycles. The second-order valence-corrected chi connectivity index (χ2v) is 5.52. The molecule has 5 heteroatoms. The summed E-state index contributed by atoms with van der Waals surface area (Å²) in [6.45, 7) is 6.38. The Labute approximate surface area is 120 Å². The van der Waals surface area contributed by atoms with Gasteiger partial charge in [0.05, 0.1) is 0 Å². The fourth-order valence-corrected chi connectivity index (χ4v) is 2.54. The zero-order chi connectivity index (χ0) is 13.7. The third kappa shape index (κ3) is 4.44. The summed E-state index contributed by atoms with van der Waals surface area (Å²) in [6, 6.07) is 3.84. The number of nitrogens with two attached hydrogens (primary N) is 1. The highest BCUT2D eigenvalue weighted by Crippen LogP contribution is 2.11. The zero-order valence-electron chi connectivity index (χ0n) is 11.5. The maximum Gasteiger partial charge on any atom is 0.126 e. The van der Waals surface area contributed by atoms with E-state index in [-0.39, 0.29) is 0 Å². The van der Waals surface area contributed by atoms with E-state index in [1.807, 2.05) is 19.1 Å². The topological polar surface area (TPSA) is 54.2 Å². The standard InChI is InChI=1S/C14H22N4S/c1-11-9-12(14(15)19)10-13(17-11)16-5-8-18-6-3-2-4-7-18/h9-10H,2-8H2,1H3,(H2,15,19)(H,16,17). The number of likely N-dealkylation sites (tertiary alicyclic amines) is 1. The SMILES string of the molecule is Cc1cc(C(N)=S)cc(NCCN2CCCCC2)n1. The maximum absolute atomic E-state index is 5.66. The largest absolute Gasteiger partial charge is 0.389 e. The van der Waals surface area contributed by atoms with Gasteiger partial charge >= 0.3 is 0 Å². The third-order valence-electron chi connectivity index (χ3n) is 3.42. The summed E-state index contributed by atoms with van der Waals surface area (Å²) in [5, 5.41) is 3.36. The van der Waals surface area contributed by atoms with Crippen molar-refractivity contribution in [2.24, 2.45) is 5.73 Å². The molecule has 1 aliphatic rings. The summed E-state index contributed by atoms with van der Waals surface area (Å²) in [5.74, 6) is 0.861. The lowest BCUT2D eigenvalue weighted by atomic mass is 10.1. The van der Waals surface area contributed by atoms with Crippen LogP contribution in [0, 0.1) is 6.92 Å². The van der Waals surface area contributed by atoms with Gasteiger partial charge in [-0.3, -0.25) is 0 Å². The molecule has 0 bridgehead atoms. The molecule has 1 aromatic heterocycles. The normalized spacial score (nSPS) is 16.3. The van der Waals surface area contributed by atoms with E-state index in [4.69, 9.17) is 18.0 Å². The fraction of sp³-hybridized carbons (Fsp3) is 0.571. The Bertz CT molecular complexity index is 441. The van der Waals surface area contributed by atoms with Crippen LogP contribution >= 0.6 is 12.2 Å². The lowest BCUT2D eigenvalue weighted by Gasteiger charge is -2.26. The van der Waals surface area contributed by atoms with Gasteiger partial charge in [-0.2, -0.15) is 0 Å². The van der Waals surface area contributed by atoms with Crippen molar-refractivity contribution >= 4 is 23.0 Å². The van der Waals surface area contributed by atoms with Crippen LogP contribution in [0.15, 0.2) is 12.1 Å². The molecule has 0 radical (unpaired) electrons. The first-order valence-electron chi connectivity index (χ1n) is 6.90. The van der Waals surface area contributed by atoms with Gasteiger partial charge in [-0.25, -0.2) is 4.98 Å². The molecule has 4 nitrogen and oxygen atoms in total. The first-order valence-corrected chi connectivity index (χ1v) is 7.31. The van der Waals surface area contributed by atoms with E-state index in [9.17, 15) is 0 Å². The Morgan fingerprint density at radius 2 is 2.11 bits per heavy atom. The van der Waals surface area contributed by atoms with Crippen LogP contribution in [0.5, 0.6) is 0 Å². The molecule has 2 rings (SSSR count). The van der Waals surface area contributed by atoms with Gasteiger partial charge in [0.15, 0.2) is 0 Å². The van der Waals surface area contributed by atoms with Crippen molar-refractivity contribution in [1.29, 1.82) is 0 Å². The summed E-state index contributed by atoms with van der Waals surface area (Å²) in [7, 11) is 0. The van der Waals surface area contributed by atoms with Crippen molar-refractivity contribution in [3.8, 4) is 0 Å². The number of rotatable bonds is 5. The lowest BCUT2D eigenvalue weighted by molar-refractivity contribution is 0.237. The minimum Gasteiger partial charge on any atom is -0.389 e. The number of anilines is 1. The molecule has 0 aliphatic carbocycles. The molecule has 0 unspecified atom stereocenters. The van der Waals surface area contributed by atoms with Crippen LogP contribution in [-0.2, 0) is 0 Å². The van der Waals surface area contributed by atoms with E-state index in [1.54, 1.807) is 0 Å². The molecule has 1 aliphatic heterocycles. The number of thiocarbonyl (C=S) groups is 1. The number of hydrogen-bond acceptors (Lipinski definition) is 4. The molecule has 0 saturated carbocycles. The average Bonchev–Trinajstić information content (AvgIpc) is 2.39. The van der Waals surface area contributed by atoms with Crippen LogP contribution in [0.25, 0.3) is 0 Å². The minimum atomic E-state index is 0.421. The average molecular weight is 278 g/mol. The second-order valence-electron chi connectivity index (χ2n) is 5.08. The van der Waals surface area contributed by atoms with Crippen LogP contribution in [-0.4, -0.2) is 41.1 Å². The Balaban J connectivity index is 1.86. The van der Waals surface area contributed by atoms with Crippen molar-refractivity contribution in [3.63, 3.8) is 0 Å². The number of piperidine rings is 1. The summed E-state index contributed by atoms with van der Waals surface area (Å²) < 4.78 is 0. The molecule has 19 heavy (non-hydrogen) atoms. The Hall–Kier alpha value is -1.20. The Kier molecular flexibility index (Phi) is 5.10. The molecule has 1 fully saturated rings. The van der Waals surface area contributed by atoms with Crippen LogP contribution < -0.4 is 11.1 Å². The smallest absolute Gasteiger partial charge is 0.126 e. The highest BCUT2D eigenvalue weighted by Gasteiger charge is 2.09. The monoisotopic (exact) mass is 278 g/mol. The maximum atomic E-state index is 5.66. The van der Waals surface area contributed by atoms with Crippen LogP contribution in [0.1, 0.15) is 30.5 Å². The van der Waals surface area contributed by atoms with Crippen LogP contribution in [0.2, 0.25) is 0 Å². The van der Waals surface area contributed by atoms with Gasteiger partial charge in [0, 0.05) is 24.3 Å². The molecule has 104 valence electrons. The van der Waals surface area contributed by atoms with E-state index >= 15 is 0 Å². The number of pyridine rings is 1. The van der Waals surface area contributed by atoms with Crippen molar-refractivity contribution < 1.29 is 0 Å². The van der Waals surface area contributed by atoms with Gasteiger partial charge in [-0.05, 0) is 45.0 Å².